The van der Waals surface area contributed by atoms with Gasteiger partial charge in [-0.2, -0.15) is 0 Å². The van der Waals surface area contributed by atoms with Crippen LogP contribution in [0.5, 0.6) is 0 Å². The Kier molecular flexibility index (Phi) is 4.05. The van der Waals surface area contributed by atoms with E-state index in [1.807, 2.05) is 45.9 Å². The zero-order chi connectivity index (χ0) is 15.8. The van der Waals surface area contributed by atoms with E-state index in [1.54, 1.807) is 13.2 Å². The molecule has 0 saturated carbocycles. The van der Waals surface area contributed by atoms with Crippen LogP contribution in [0, 0.1) is 0 Å². The van der Waals surface area contributed by atoms with E-state index in [1.165, 1.54) is 0 Å². The van der Waals surface area contributed by atoms with Gasteiger partial charge < -0.3 is 14.0 Å². The highest BCUT2D eigenvalue weighted by molar-refractivity contribution is 6.62. The van der Waals surface area contributed by atoms with Crippen LogP contribution < -0.4 is 15.9 Å². The van der Waals surface area contributed by atoms with Crippen molar-refractivity contribution in [3.63, 3.8) is 0 Å². The minimum Gasteiger partial charge on any atom is -0.496 e. The summed E-state index contributed by atoms with van der Waals surface area (Å²) in [6, 6.07) is 5.86. The first-order valence-electron chi connectivity index (χ1n) is 7.08. The first-order chi connectivity index (χ1) is 9.73. The predicted octanol–water partition coefficient (Wildman–Crippen LogP) is 1.34. The fourth-order valence-corrected chi connectivity index (χ4v) is 2.37. The molecule has 1 aliphatic rings. The number of hydrogen-bond donors (Lipinski definition) is 0. The summed E-state index contributed by atoms with van der Waals surface area (Å²) in [4.78, 5) is 0. The van der Waals surface area contributed by atoms with Crippen LogP contribution in [0.2, 0.25) is 0 Å². The topological polar surface area (TPSA) is 27.7 Å². The Labute approximate surface area is 127 Å². The Morgan fingerprint density at radius 3 is 2.24 bits per heavy atom. The lowest BCUT2D eigenvalue weighted by molar-refractivity contribution is 0.00578. The van der Waals surface area contributed by atoms with Crippen molar-refractivity contribution in [2.45, 2.75) is 38.9 Å². The summed E-state index contributed by atoms with van der Waals surface area (Å²) >= 11 is 0. The SMILES string of the molecule is C=C/C(OC)=c1/c(B2OC(C)(C)C(C)(C)O2)cccc1=C. The van der Waals surface area contributed by atoms with Gasteiger partial charge in [-0.1, -0.05) is 31.4 Å². The molecule has 0 atom stereocenters. The van der Waals surface area contributed by atoms with Crippen molar-refractivity contribution in [1.82, 2.24) is 0 Å². The molecule has 1 fully saturated rings. The van der Waals surface area contributed by atoms with Gasteiger partial charge in [-0.05, 0) is 44.5 Å². The van der Waals surface area contributed by atoms with Crippen molar-refractivity contribution in [2.75, 3.05) is 7.11 Å². The van der Waals surface area contributed by atoms with Crippen molar-refractivity contribution < 1.29 is 14.0 Å². The number of methoxy groups -OCH3 is 1. The Morgan fingerprint density at radius 1 is 1.19 bits per heavy atom. The molecule has 0 aliphatic carbocycles. The van der Waals surface area contributed by atoms with Crippen molar-refractivity contribution >= 4 is 24.9 Å². The lowest BCUT2D eigenvalue weighted by Crippen LogP contribution is -2.50. The van der Waals surface area contributed by atoms with Crippen LogP contribution in [0.1, 0.15) is 27.7 Å². The largest absolute Gasteiger partial charge is 0.496 e. The van der Waals surface area contributed by atoms with Crippen LogP contribution in [0.25, 0.3) is 12.3 Å². The maximum atomic E-state index is 6.13. The monoisotopic (exact) mass is 286 g/mol. The smallest absolute Gasteiger partial charge is 0.495 e. The summed E-state index contributed by atoms with van der Waals surface area (Å²) in [5.74, 6) is 0.672. The second-order valence-electron chi connectivity index (χ2n) is 6.24. The molecular weight excluding hydrogens is 263 g/mol. The molecule has 2 rings (SSSR count). The van der Waals surface area contributed by atoms with Gasteiger partial charge in [0.05, 0.1) is 18.3 Å². The van der Waals surface area contributed by atoms with Crippen molar-refractivity contribution in [3.05, 3.63) is 41.3 Å². The average Bonchev–Trinajstić information content (AvgIpc) is 2.61. The predicted molar refractivity (Wildman–Crippen MR) is 87.5 cm³/mol. The second kappa shape index (κ2) is 5.36. The molecule has 21 heavy (non-hydrogen) atoms. The summed E-state index contributed by atoms with van der Waals surface area (Å²) in [6.45, 7) is 16.0. The Hall–Kier alpha value is -1.52. The van der Waals surface area contributed by atoms with Gasteiger partial charge in [-0.15, -0.1) is 0 Å². The van der Waals surface area contributed by atoms with Gasteiger partial charge in [0.25, 0.3) is 0 Å². The maximum absolute atomic E-state index is 6.13. The van der Waals surface area contributed by atoms with Gasteiger partial charge in [0.15, 0.2) is 0 Å². The summed E-state index contributed by atoms with van der Waals surface area (Å²) < 4.78 is 17.7. The summed E-state index contributed by atoms with van der Waals surface area (Å²) in [6.07, 6.45) is 1.68. The molecule has 1 aromatic rings. The highest BCUT2D eigenvalue weighted by Gasteiger charge is 2.52. The Bertz CT molecular complexity index is 645. The van der Waals surface area contributed by atoms with E-state index in [9.17, 15) is 0 Å². The molecule has 0 radical (unpaired) electrons. The number of benzene rings is 1. The molecule has 3 nitrogen and oxygen atoms in total. The molecule has 0 bridgehead atoms. The Morgan fingerprint density at radius 2 is 1.76 bits per heavy atom. The third kappa shape index (κ3) is 2.66. The average molecular weight is 286 g/mol. The van der Waals surface area contributed by atoms with Crippen LogP contribution in [0.15, 0.2) is 30.9 Å². The zero-order valence-corrected chi connectivity index (χ0v) is 13.5. The van der Waals surface area contributed by atoms with E-state index in [0.29, 0.717) is 5.76 Å². The van der Waals surface area contributed by atoms with Crippen molar-refractivity contribution in [1.29, 1.82) is 0 Å². The summed E-state index contributed by atoms with van der Waals surface area (Å²) in [5.41, 5.74) is 0.152. The van der Waals surface area contributed by atoms with Gasteiger partial charge in [-0.3, -0.25) is 0 Å². The van der Waals surface area contributed by atoms with Crippen LogP contribution in [-0.4, -0.2) is 25.4 Å². The second-order valence-corrected chi connectivity index (χ2v) is 6.24. The molecule has 0 unspecified atom stereocenters. The molecule has 1 aliphatic heterocycles. The fourth-order valence-electron chi connectivity index (χ4n) is 2.37. The standard InChI is InChI=1S/C17H23BO3/c1-8-14(19-7)15-12(2)10-9-11-13(15)18-20-16(3,4)17(5,6)21-18/h8-11H,1-2H2,3-7H3/b15-14-. The van der Waals surface area contributed by atoms with E-state index in [0.717, 1.165) is 15.9 Å². The summed E-state index contributed by atoms with van der Waals surface area (Å²) in [7, 11) is 1.18. The number of rotatable bonds is 3. The maximum Gasteiger partial charge on any atom is 0.495 e. The minimum atomic E-state index is -0.447. The van der Waals surface area contributed by atoms with Crippen LogP contribution in [0.3, 0.4) is 0 Å². The molecule has 0 spiro atoms. The molecule has 0 N–H and O–H groups in total. The number of ether oxygens (including phenoxy) is 1. The first kappa shape index (κ1) is 15.9. The fraction of sp³-hybridized carbons (Fsp3) is 0.412. The molecule has 1 saturated heterocycles. The Balaban J connectivity index is 2.64. The van der Waals surface area contributed by atoms with Crippen molar-refractivity contribution in [3.8, 4) is 0 Å². The van der Waals surface area contributed by atoms with Crippen LogP contribution in [-0.2, 0) is 14.0 Å². The van der Waals surface area contributed by atoms with E-state index in [-0.39, 0.29) is 11.2 Å². The highest BCUT2D eigenvalue weighted by atomic mass is 16.7. The quantitative estimate of drug-likeness (QED) is 0.785. The molecule has 1 heterocycles. The highest BCUT2D eigenvalue weighted by Crippen LogP contribution is 2.36. The normalized spacial score (nSPS) is 21.1. The summed E-state index contributed by atoms with van der Waals surface area (Å²) in [5, 5.41) is 1.74. The van der Waals surface area contributed by atoms with Gasteiger partial charge in [0, 0.05) is 5.22 Å². The third-order valence-electron chi connectivity index (χ3n) is 4.34. The van der Waals surface area contributed by atoms with Gasteiger partial charge in [-0.25, -0.2) is 0 Å². The van der Waals surface area contributed by atoms with Gasteiger partial charge in [0.2, 0.25) is 0 Å². The minimum absolute atomic E-state index is 0.381. The zero-order valence-electron chi connectivity index (χ0n) is 13.5. The van der Waals surface area contributed by atoms with Crippen LogP contribution in [0.4, 0.5) is 0 Å². The lowest BCUT2D eigenvalue weighted by atomic mass is 9.77. The molecule has 0 amide bonds. The van der Waals surface area contributed by atoms with E-state index in [2.05, 4.69) is 13.2 Å². The van der Waals surface area contributed by atoms with E-state index >= 15 is 0 Å². The van der Waals surface area contributed by atoms with Crippen LogP contribution >= 0.6 is 0 Å². The molecular formula is C17H23BO3. The molecule has 112 valence electrons. The van der Waals surface area contributed by atoms with Crippen molar-refractivity contribution in [2.24, 2.45) is 0 Å². The molecule has 1 aromatic carbocycles. The molecule has 0 aromatic heterocycles. The van der Waals surface area contributed by atoms with Gasteiger partial charge >= 0.3 is 7.12 Å². The number of hydrogen-bond acceptors (Lipinski definition) is 3. The first-order valence-corrected chi connectivity index (χ1v) is 7.08. The van der Waals surface area contributed by atoms with E-state index in [4.69, 9.17) is 14.0 Å². The molecule has 4 heteroatoms. The lowest BCUT2D eigenvalue weighted by Gasteiger charge is -2.32. The van der Waals surface area contributed by atoms with E-state index < -0.39 is 7.12 Å². The third-order valence-corrected chi connectivity index (χ3v) is 4.34. The van der Waals surface area contributed by atoms with Gasteiger partial charge in [0.1, 0.15) is 5.76 Å².